The number of aliphatic carboxylic acids is 1. The van der Waals surface area contributed by atoms with E-state index in [9.17, 15) is 9.59 Å². The maximum atomic E-state index is 11.7. The van der Waals surface area contributed by atoms with Gasteiger partial charge < -0.3 is 15.7 Å². The summed E-state index contributed by atoms with van der Waals surface area (Å²) in [6.07, 6.45) is 4.30. The van der Waals surface area contributed by atoms with E-state index < -0.39 is 5.97 Å². The zero-order chi connectivity index (χ0) is 14.3. The monoisotopic (exact) mass is 270 g/mol. The molecule has 0 bridgehead atoms. The Kier molecular flexibility index (Phi) is 6.84. The summed E-state index contributed by atoms with van der Waals surface area (Å²) in [5.74, 6) is -0.836. The molecule has 0 spiro atoms. The molecule has 0 aromatic rings. The third-order valence-corrected chi connectivity index (χ3v) is 3.57. The first-order chi connectivity index (χ1) is 8.99. The highest BCUT2D eigenvalue weighted by Gasteiger charge is 2.26. The zero-order valence-corrected chi connectivity index (χ0v) is 11.9. The van der Waals surface area contributed by atoms with E-state index in [1.807, 2.05) is 0 Å². The Balaban J connectivity index is 2.11. The Labute approximate surface area is 115 Å². The van der Waals surface area contributed by atoms with Crippen molar-refractivity contribution in [2.24, 2.45) is 5.92 Å². The van der Waals surface area contributed by atoms with Crippen molar-refractivity contribution in [3.05, 3.63) is 0 Å². The van der Waals surface area contributed by atoms with Gasteiger partial charge in [0.05, 0.1) is 5.92 Å². The molecule has 5 heteroatoms. The van der Waals surface area contributed by atoms with Gasteiger partial charge in [-0.15, -0.1) is 0 Å². The van der Waals surface area contributed by atoms with Crippen LogP contribution in [0.5, 0.6) is 0 Å². The zero-order valence-electron chi connectivity index (χ0n) is 11.9. The van der Waals surface area contributed by atoms with Crippen molar-refractivity contribution < 1.29 is 14.7 Å². The molecule has 0 radical (unpaired) electrons. The number of amides is 1. The second-order valence-electron chi connectivity index (χ2n) is 5.67. The van der Waals surface area contributed by atoms with Gasteiger partial charge in [-0.2, -0.15) is 0 Å². The first kappa shape index (κ1) is 16.0. The number of carboxylic acids is 1. The van der Waals surface area contributed by atoms with Crippen molar-refractivity contribution in [3.8, 4) is 0 Å². The third-order valence-electron chi connectivity index (χ3n) is 3.57. The van der Waals surface area contributed by atoms with Gasteiger partial charge in [0.2, 0.25) is 5.91 Å². The number of nitrogens with one attached hydrogen (secondary N) is 2. The van der Waals surface area contributed by atoms with Crippen LogP contribution in [0.25, 0.3) is 0 Å². The molecule has 1 fully saturated rings. The molecule has 3 N–H and O–H groups in total. The van der Waals surface area contributed by atoms with E-state index in [1.54, 1.807) is 0 Å². The van der Waals surface area contributed by atoms with E-state index in [1.165, 1.54) is 0 Å². The second kappa shape index (κ2) is 8.15. The van der Waals surface area contributed by atoms with Crippen LogP contribution in [0, 0.1) is 5.92 Å². The lowest BCUT2D eigenvalue weighted by Crippen LogP contribution is -2.39. The Bertz CT molecular complexity index is 297. The number of carbonyl (C=O) groups excluding carboxylic acids is 1. The fourth-order valence-corrected chi connectivity index (χ4v) is 2.42. The lowest BCUT2D eigenvalue weighted by molar-refractivity contribution is -0.142. The largest absolute Gasteiger partial charge is 0.481 e. The van der Waals surface area contributed by atoms with Crippen molar-refractivity contribution in [2.45, 2.75) is 64.5 Å². The average Bonchev–Trinajstić information content (AvgIpc) is 2.35. The molecular weight excluding hydrogens is 244 g/mol. The molecule has 0 unspecified atom stereocenters. The van der Waals surface area contributed by atoms with Crippen LogP contribution in [-0.4, -0.2) is 35.6 Å². The van der Waals surface area contributed by atoms with E-state index in [-0.39, 0.29) is 17.9 Å². The van der Waals surface area contributed by atoms with Crippen LogP contribution in [0.15, 0.2) is 0 Å². The highest BCUT2D eigenvalue weighted by molar-refractivity contribution is 5.76. The summed E-state index contributed by atoms with van der Waals surface area (Å²) in [6, 6.07) is 0.621. The Hall–Kier alpha value is -1.10. The molecule has 0 heterocycles. The van der Waals surface area contributed by atoms with Crippen molar-refractivity contribution in [3.63, 3.8) is 0 Å². The van der Waals surface area contributed by atoms with Gasteiger partial charge in [0.25, 0.3) is 0 Å². The summed E-state index contributed by atoms with van der Waals surface area (Å²) in [6.45, 7) is 5.03. The quantitative estimate of drug-likeness (QED) is 0.613. The summed E-state index contributed by atoms with van der Waals surface area (Å²) in [7, 11) is 0. The van der Waals surface area contributed by atoms with Gasteiger partial charge in [0.15, 0.2) is 0 Å². The Morgan fingerprint density at radius 1 is 1.21 bits per heavy atom. The number of carboxylic acid groups (broad SMARTS) is 1. The normalized spacial score (nSPS) is 23.3. The molecule has 0 aliphatic heterocycles. The van der Waals surface area contributed by atoms with Gasteiger partial charge >= 0.3 is 5.97 Å². The standard InChI is InChI=1S/C14H26N2O3/c1-10(2)15-9-3-4-13(17)16-12-7-5-11(6-8-12)14(18)19/h10-12,15H,3-9H2,1-2H3,(H,16,17)(H,18,19). The summed E-state index contributed by atoms with van der Waals surface area (Å²) < 4.78 is 0. The van der Waals surface area contributed by atoms with Crippen molar-refractivity contribution in [1.82, 2.24) is 10.6 Å². The summed E-state index contributed by atoms with van der Waals surface area (Å²) in [5.41, 5.74) is 0. The van der Waals surface area contributed by atoms with Crippen molar-refractivity contribution in [2.75, 3.05) is 6.54 Å². The van der Waals surface area contributed by atoms with E-state index in [0.717, 1.165) is 25.8 Å². The predicted molar refractivity (Wildman–Crippen MR) is 73.9 cm³/mol. The van der Waals surface area contributed by atoms with Gasteiger partial charge in [-0.25, -0.2) is 0 Å². The van der Waals surface area contributed by atoms with Crippen LogP contribution < -0.4 is 10.6 Å². The Morgan fingerprint density at radius 3 is 2.37 bits per heavy atom. The number of rotatable bonds is 7. The molecule has 0 aromatic carbocycles. The number of carbonyl (C=O) groups is 2. The minimum Gasteiger partial charge on any atom is -0.481 e. The average molecular weight is 270 g/mol. The lowest BCUT2D eigenvalue weighted by Gasteiger charge is -2.26. The second-order valence-corrected chi connectivity index (χ2v) is 5.67. The van der Waals surface area contributed by atoms with Gasteiger partial charge in [0, 0.05) is 18.5 Å². The molecule has 1 rings (SSSR count). The van der Waals surface area contributed by atoms with Crippen LogP contribution in [0.1, 0.15) is 52.4 Å². The first-order valence-corrected chi connectivity index (χ1v) is 7.24. The molecule has 1 aliphatic carbocycles. The topological polar surface area (TPSA) is 78.4 Å². The SMILES string of the molecule is CC(C)NCCCC(=O)NC1CCC(C(=O)O)CC1. The van der Waals surface area contributed by atoms with Crippen LogP contribution in [0.3, 0.4) is 0 Å². The maximum absolute atomic E-state index is 11.7. The molecule has 19 heavy (non-hydrogen) atoms. The lowest BCUT2D eigenvalue weighted by atomic mass is 9.86. The molecule has 1 aliphatic rings. The van der Waals surface area contributed by atoms with E-state index in [0.29, 0.717) is 25.3 Å². The fraction of sp³-hybridized carbons (Fsp3) is 0.857. The van der Waals surface area contributed by atoms with Crippen LogP contribution >= 0.6 is 0 Å². The van der Waals surface area contributed by atoms with Gasteiger partial charge in [0.1, 0.15) is 0 Å². The Morgan fingerprint density at radius 2 is 1.84 bits per heavy atom. The van der Waals surface area contributed by atoms with Gasteiger partial charge in [-0.05, 0) is 38.6 Å². The van der Waals surface area contributed by atoms with Crippen molar-refractivity contribution >= 4 is 11.9 Å². The smallest absolute Gasteiger partial charge is 0.306 e. The summed E-state index contributed by atoms with van der Waals surface area (Å²) in [5, 5.41) is 15.2. The molecule has 1 saturated carbocycles. The highest BCUT2D eigenvalue weighted by atomic mass is 16.4. The number of hydrogen-bond donors (Lipinski definition) is 3. The third kappa shape index (κ3) is 6.57. The summed E-state index contributed by atoms with van der Waals surface area (Å²) in [4.78, 5) is 22.5. The van der Waals surface area contributed by atoms with E-state index in [4.69, 9.17) is 5.11 Å². The van der Waals surface area contributed by atoms with Crippen LogP contribution in [0.4, 0.5) is 0 Å². The van der Waals surface area contributed by atoms with Gasteiger partial charge in [-0.3, -0.25) is 9.59 Å². The van der Waals surface area contributed by atoms with E-state index in [2.05, 4.69) is 24.5 Å². The van der Waals surface area contributed by atoms with Crippen molar-refractivity contribution in [1.29, 1.82) is 0 Å². The molecular formula is C14H26N2O3. The fourth-order valence-electron chi connectivity index (χ4n) is 2.42. The molecule has 0 atom stereocenters. The van der Waals surface area contributed by atoms with Crippen LogP contribution in [-0.2, 0) is 9.59 Å². The van der Waals surface area contributed by atoms with Gasteiger partial charge in [-0.1, -0.05) is 13.8 Å². The minimum absolute atomic E-state index is 0.0873. The molecule has 5 nitrogen and oxygen atoms in total. The molecule has 0 saturated heterocycles. The molecule has 1 amide bonds. The number of hydrogen-bond acceptors (Lipinski definition) is 3. The first-order valence-electron chi connectivity index (χ1n) is 7.24. The summed E-state index contributed by atoms with van der Waals surface area (Å²) >= 11 is 0. The maximum Gasteiger partial charge on any atom is 0.306 e. The minimum atomic E-state index is -0.704. The highest BCUT2D eigenvalue weighted by Crippen LogP contribution is 2.24. The van der Waals surface area contributed by atoms with E-state index >= 15 is 0 Å². The van der Waals surface area contributed by atoms with Crippen LogP contribution in [0.2, 0.25) is 0 Å². The molecule has 0 aromatic heterocycles. The predicted octanol–water partition coefficient (Wildman–Crippen LogP) is 1.52. The molecule has 110 valence electrons.